The first-order chi connectivity index (χ1) is 13.5. The van der Waals surface area contributed by atoms with Gasteiger partial charge in [-0.15, -0.1) is 0 Å². The molecule has 146 valence electrons. The van der Waals surface area contributed by atoms with Crippen molar-refractivity contribution in [3.8, 4) is 11.4 Å². The zero-order valence-corrected chi connectivity index (χ0v) is 15.1. The fraction of sp³-hybridized carbons (Fsp3) is 0.263. The molecule has 0 saturated carbocycles. The van der Waals surface area contributed by atoms with Crippen molar-refractivity contribution in [2.75, 3.05) is 6.54 Å². The van der Waals surface area contributed by atoms with Crippen LogP contribution >= 0.6 is 0 Å². The lowest BCUT2D eigenvalue weighted by molar-refractivity contribution is -0.122. The van der Waals surface area contributed by atoms with E-state index in [1.807, 2.05) is 0 Å². The molecule has 0 aliphatic carbocycles. The van der Waals surface area contributed by atoms with Crippen molar-refractivity contribution in [3.63, 3.8) is 0 Å². The first-order valence-corrected chi connectivity index (χ1v) is 8.73. The fourth-order valence-electron chi connectivity index (χ4n) is 2.45. The van der Waals surface area contributed by atoms with Crippen molar-refractivity contribution in [3.05, 3.63) is 60.1 Å². The first-order valence-electron chi connectivity index (χ1n) is 8.73. The monoisotopic (exact) mass is 386 g/mol. The molecule has 1 aromatic carbocycles. The van der Waals surface area contributed by atoms with Crippen LogP contribution in [0.5, 0.6) is 0 Å². The van der Waals surface area contributed by atoms with E-state index in [0.29, 0.717) is 24.4 Å². The van der Waals surface area contributed by atoms with Crippen LogP contribution in [-0.2, 0) is 4.79 Å². The minimum atomic E-state index is -0.480. The Kier molecular flexibility index (Phi) is 6.15. The van der Waals surface area contributed by atoms with Crippen LogP contribution in [0.1, 0.15) is 42.3 Å². The van der Waals surface area contributed by atoms with Crippen LogP contribution in [0.4, 0.5) is 4.39 Å². The van der Waals surface area contributed by atoms with E-state index in [4.69, 9.17) is 8.94 Å². The van der Waals surface area contributed by atoms with Crippen LogP contribution < -0.4 is 10.6 Å². The van der Waals surface area contributed by atoms with E-state index in [9.17, 15) is 14.0 Å². The van der Waals surface area contributed by atoms with E-state index >= 15 is 0 Å². The van der Waals surface area contributed by atoms with Gasteiger partial charge in [-0.25, -0.2) is 4.39 Å². The molecule has 9 heteroatoms. The molecular formula is C19H19FN4O4. The summed E-state index contributed by atoms with van der Waals surface area (Å²) < 4.78 is 23.1. The molecule has 3 aromatic rings. The van der Waals surface area contributed by atoms with Crippen molar-refractivity contribution >= 4 is 11.8 Å². The molecule has 2 amide bonds. The average Bonchev–Trinajstić information content (AvgIpc) is 3.37. The third-order valence-electron chi connectivity index (χ3n) is 3.90. The Balaban J connectivity index is 1.43. The number of carbonyl (C=O) groups excluding carboxylic acids is 2. The molecule has 0 spiro atoms. The molecule has 1 atom stereocenters. The van der Waals surface area contributed by atoms with Gasteiger partial charge >= 0.3 is 0 Å². The van der Waals surface area contributed by atoms with Gasteiger partial charge in [0.05, 0.1) is 6.26 Å². The van der Waals surface area contributed by atoms with Gasteiger partial charge in [0, 0.05) is 18.5 Å². The van der Waals surface area contributed by atoms with E-state index in [-0.39, 0.29) is 35.7 Å². The Morgan fingerprint density at radius 1 is 1.21 bits per heavy atom. The smallest absolute Gasteiger partial charge is 0.286 e. The van der Waals surface area contributed by atoms with E-state index < -0.39 is 6.04 Å². The second kappa shape index (κ2) is 8.94. The standard InChI is InChI=1S/C19H19FN4O4/c1-12(19-23-17(24-28-19)13-6-8-14(20)9-7-13)22-16(25)5-2-10-21-18(26)15-4-3-11-27-15/h3-4,6-9,11-12H,2,5,10H2,1H3,(H,21,26)(H,22,25). The molecule has 8 nitrogen and oxygen atoms in total. The Hall–Kier alpha value is -3.49. The third-order valence-corrected chi connectivity index (χ3v) is 3.90. The number of furan rings is 1. The number of aromatic nitrogens is 2. The zero-order chi connectivity index (χ0) is 19.9. The summed E-state index contributed by atoms with van der Waals surface area (Å²) in [5.41, 5.74) is 0.613. The number of hydrogen-bond donors (Lipinski definition) is 2. The maximum Gasteiger partial charge on any atom is 0.286 e. The Morgan fingerprint density at radius 3 is 2.71 bits per heavy atom. The molecule has 3 rings (SSSR count). The summed E-state index contributed by atoms with van der Waals surface area (Å²) in [6.07, 6.45) is 2.11. The van der Waals surface area contributed by atoms with Gasteiger partial charge in [-0.2, -0.15) is 4.98 Å². The highest BCUT2D eigenvalue weighted by Gasteiger charge is 2.17. The number of nitrogens with zero attached hydrogens (tertiary/aromatic N) is 2. The quantitative estimate of drug-likeness (QED) is 0.576. The van der Waals surface area contributed by atoms with Gasteiger partial charge in [-0.05, 0) is 49.7 Å². The predicted molar refractivity (Wildman–Crippen MR) is 96.5 cm³/mol. The number of carbonyl (C=O) groups is 2. The fourth-order valence-corrected chi connectivity index (χ4v) is 2.45. The number of amides is 2. The highest BCUT2D eigenvalue weighted by molar-refractivity contribution is 5.91. The largest absolute Gasteiger partial charge is 0.459 e. The van der Waals surface area contributed by atoms with Crippen LogP contribution in [0.15, 0.2) is 51.6 Å². The van der Waals surface area contributed by atoms with Crippen LogP contribution in [-0.4, -0.2) is 28.5 Å². The highest BCUT2D eigenvalue weighted by atomic mass is 19.1. The second-order valence-corrected chi connectivity index (χ2v) is 6.09. The third kappa shape index (κ3) is 5.03. The highest BCUT2D eigenvalue weighted by Crippen LogP contribution is 2.19. The van der Waals surface area contributed by atoms with Crippen molar-refractivity contribution in [1.82, 2.24) is 20.8 Å². The Labute approximate surface area is 160 Å². The summed E-state index contributed by atoms with van der Waals surface area (Å²) in [5.74, 6) is -0.0883. The van der Waals surface area contributed by atoms with Gasteiger partial charge < -0.3 is 19.6 Å². The average molecular weight is 386 g/mol. The van der Waals surface area contributed by atoms with Crippen molar-refractivity contribution in [2.24, 2.45) is 0 Å². The second-order valence-electron chi connectivity index (χ2n) is 6.09. The normalized spacial score (nSPS) is 11.8. The van der Waals surface area contributed by atoms with Gasteiger partial charge in [0.15, 0.2) is 5.76 Å². The van der Waals surface area contributed by atoms with E-state index in [1.54, 1.807) is 31.2 Å². The number of rotatable bonds is 8. The first kappa shape index (κ1) is 19.3. The molecule has 0 aliphatic heterocycles. The molecule has 0 saturated heterocycles. The SMILES string of the molecule is CC(NC(=O)CCCNC(=O)c1ccco1)c1nc(-c2ccc(F)cc2)no1. The van der Waals surface area contributed by atoms with E-state index in [0.717, 1.165) is 0 Å². The van der Waals surface area contributed by atoms with Crippen LogP contribution in [0.3, 0.4) is 0 Å². The molecule has 2 N–H and O–H groups in total. The maximum absolute atomic E-state index is 13.0. The molecule has 28 heavy (non-hydrogen) atoms. The van der Waals surface area contributed by atoms with Crippen molar-refractivity contribution < 1.29 is 22.9 Å². The summed E-state index contributed by atoms with van der Waals surface area (Å²) in [7, 11) is 0. The van der Waals surface area contributed by atoms with Crippen molar-refractivity contribution in [1.29, 1.82) is 0 Å². The molecule has 2 aromatic heterocycles. The van der Waals surface area contributed by atoms with Crippen LogP contribution in [0, 0.1) is 5.82 Å². The van der Waals surface area contributed by atoms with E-state index in [1.165, 1.54) is 18.4 Å². The van der Waals surface area contributed by atoms with Gasteiger partial charge in [0.25, 0.3) is 5.91 Å². The lowest BCUT2D eigenvalue weighted by atomic mass is 10.2. The molecule has 2 heterocycles. The van der Waals surface area contributed by atoms with Gasteiger partial charge in [0.2, 0.25) is 17.6 Å². The van der Waals surface area contributed by atoms with Gasteiger partial charge in [-0.1, -0.05) is 5.16 Å². The van der Waals surface area contributed by atoms with E-state index in [2.05, 4.69) is 20.8 Å². The number of hydrogen-bond acceptors (Lipinski definition) is 6. The lowest BCUT2D eigenvalue weighted by Gasteiger charge is -2.09. The van der Waals surface area contributed by atoms with Crippen LogP contribution in [0.25, 0.3) is 11.4 Å². The summed E-state index contributed by atoms with van der Waals surface area (Å²) in [5, 5.41) is 9.28. The van der Waals surface area contributed by atoms with Crippen molar-refractivity contribution in [2.45, 2.75) is 25.8 Å². The number of nitrogens with one attached hydrogen (secondary N) is 2. The zero-order valence-electron chi connectivity index (χ0n) is 15.1. The minimum Gasteiger partial charge on any atom is -0.459 e. The molecule has 0 radical (unpaired) electrons. The van der Waals surface area contributed by atoms with Crippen LogP contribution in [0.2, 0.25) is 0 Å². The number of halogens is 1. The minimum absolute atomic E-state index is 0.207. The molecule has 0 aliphatic rings. The summed E-state index contributed by atoms with van der Waals surface area (Å²) in [6.45, 7) is 2.06. The molecule has 0 fully saturated rings. The summed E-state index contributed by atoms with van der Waals surface area (Å²) in [4.78, 5) is 28.0. The van der Waals surface area contributed by atoms with Gasteiger partial charge in [0.1, 0.15) is 11.9 Å². The lowest BCUT2D eigenvalue weighted by Crippen LogP contribution is -2.29. The topological polar surface area (TPSA) is 110 Å². The summed E-state index contributed by atoms with van der Waals surface area (Å²) >= 11 is 0. The number of benzene rings is 1. The molecular weight excluding hydrogens is 367 g/mol. The maximum atomic E-state index is 13.0. The predicted octanol–water partition coefficient (Wildman–Crippen LogP) is 2.86. The Bertz CT molecular complexity index is 922. The van der Waals surface area contributed by atoms with Gasteiger partial charge in [-0.3, -0.25) is 9.59 Å². The molecule has 0 bridgehead atoms. The molecule has 1 unspecified atom stereocenters. The summed E-state index contributed by atoms with van der Waals surface area (Å²) in [6, 6.07) is 8.42. The Morgan fingerprint density at radius 2 is 2.00 bits per heavy atom.